The summed E-state index contributed by atoms with van der Waals surface area (Å²) in [7, 11) is 2.79. The molecule has 4 heteroatoms. The molecule has 3 aromatic carbocycles. The molecule has 0 bridgehead atoms. The predicted octanol–water partition coefficient (Wildman–Crippen LogP) is 7.01. The topological polar surface area (TPSA) is 35.3 Å². The quantitative estimate of drug-likeness (QED) is 0.335. The van der Waals surface area contributed by atoms with Crippen molar-refractivity contribution in [3.05, 3.63) is 66.7 Å². The number of aromatic nitrogens is 1. The normalized spacial score (nSPS) is 13.8. The fourth-order valence-electron chi connectivity index (χ4n) is 3.88. The number of rotatable bonds is 4. The van der Waals surface area contributed by atoms with Gasteiger partial charge in [-0.2, -0.15) is 0 Å². The highest BCUT2D eigenvalue weighted by molar-refractivity contribution is 7.28. The van der Waals surface area contributed by atoms with Crippen molar-refractivity contribution < 1.29 is 9.15 Å². The van der Waals surface area contributed by atoms with Gasteiger partial charge in [-0.25, -0.2) is 4.98 Å². The fourth-order valence-corrected chi connectivity index (χ4v) is 4.25. The molecule has 1 atom stereocenters. The van der Waals surface area contributed by atoms with Gasteiger partial charge in [0.05, 0.1) is 6.10 Å². The minimum atomic E-state index is 0.341. The van der Waals surface area contributed by atoms with E-state index >= 15 is 0 Å². The van der Waals surface area contributed by atoms with E-state index in [1.54, 1.807) is 0 Å². The van der Waals surface area contributed by atoms with Crippen LogP contribution in [-0.2, 0) is 0 Å². The van der Waals surface area contributed by atoms with Gasteiger partial charge < -0.3 is 9.15 Å². The minimum Gasteiger partial charge on any atom is -0.490 e. The number of ether oxygens (including phenoxy) is 1. The number of nitrogens with zero attached hydrogens (tertiary/aromatic N) is 1. The smallest absolute Gasteiger partial charge is 0.227 e. The van der Waals surface area contributed by atoms with Gasteiger partial charge in [0.15, 0.2) is 5.58 Å². The number of hydrogen-bond acceptors (Lipinski definition) is 3. The van der Waals surface area contributed by atoms with E-state index in [-0.39, 0.29) is 0 Å². The van der Waals surface area contributed by atoms with E-state index in [0.29, 0.717) is 12.0 Å². The van der Waals surface area contributed by atoms with Gasteiger partial charge in [-0.3, -0.25) is 0 Å². The Morgan fingerprint density at radius 2 is 1.70 bits per heavy atom. The lowest BCUT2D eigenvalue weighted by molar-refractivity contribution is 0.210. The lowest BCUT2D eigenvalue weighted by atomic mass is 10.1. The van der Waals surface area contributed by atoms with Gasteiger partial charge in [0.1, 0.15) is 11.3 Å². The monoisotopic (exact) mass is 417 g/mol. The second kappa shape index (κ2) is 9.45. The molecule has 1 aliphatic carbocycles. The summed E-state index contributed by atoms with van der Waals surface area (Å²) >= 11 is 0. The second-order valence-corrected chi connectivity index (χ2v) is 7.96. The molecule has 0 aliphatic heterocycles. The van der Waals surface area contributed by atoms with Gasteiger partial charge in [-0.05, 0) is 72.4 Å². The average molecular weight is 417 g/mol. The van der Waals surface area contributed by atoms with E-state index < -0.39 is 0 Å². The van der Waals surface area contributed by atoms with Gasteiger partial charge >= 0.3 is 0 Å². The van der Waals surface area contributed by atoms with E-state index in [4.69, 9.17) is 9.15 Å². The zero-order chi connectivity index (χ0) is 20.9. The molecule has 0 N–H and O–H groups in total. The molecule has 0 saturated heterocycles. The first-order chi connectivity index (χ1) is 14.8. The van der Waals surface area contributed by atoms with Crippen molar-refractivity contribution in [2.24, 2.45) is 0 Å². The Balaban J connectivity index is 0.00000106. The molecule has 1 heterocycles. The molecule has 1 aliphatic rings. The first-order valence-corrected chi connectivity index (χ1v) is 11.4. The lowest BCUT2D eigenvalue weighted by Crippen LogP contribution is -2.10. The van der Waals surface area contributed by atoms with E-state index in [1.165, 1.54) is 23.7 Å². The predicted molar refractivity (Wildman–Crippen MR) is 128 cm³/mol. The minimum absolute atomic E-state index is 0.341. The van der Waals surface area contributed by atoms with Crippen molar-refractivity contribution in [1.29, 1.82) is 0 Å². The van der Waals surface area contributed by atoms with Crippen LogP contribution in [0.4, 0.5) is 0 Å². The molecule has 0 spiro atoms. The molecule has 1 saturated carbocycles. The molecule has 3 nitrogen and oxygen atoms in total. The van der Waals surface area contributed by atoms with Crippen molar-refractivity contribution in [3.63, 3.8) is 0 Å². The van der Waals surface area contributed by atoms with Crippen LogP contribution in [-0.4, -0.2) is 11.1 Å². The van der Waals surface area contributed by atoms with Crippen LogP contribution in [0.3, 0.4) is 0 Å². The second-order valence-electron chi connectivity index (χ2n) is 7.34. The molecule has 0 radical (unpaired) electrons. The number of benzene rings is 3. The van der Waals surface area contributed by atoms with Crippen LogP contribution >= 0.6 is 9.24 Å². The Labute approximate surface area is 180 Å². The number of oxazole rings is 1. The maximum Gasteiger partial charge on any atom is 0.227 e. The van der Waals surface area contributed by atoms with E-state index in [0.717, 1.165) is 40.8 Å². The van der Waals surface area contributed by atoms with Gasteiger partial charge in [0, 0.05) is 5.56 Å². The average Bonchev–Trinajstić information content (AvgIpc) is 3.45. The van der Waals surface area contributed by atoms with Crippen molar-refractivity contribution in [3.8, 4) is 28.3 Å². The lowest BCUT2D eigenvalue weighted by Gasteiger charge is -2.13. The van der Waals surface area contributed by atoms with Crippen molar-refractivity contribution >= 4 is 25.6 Å². The van der Waals surface area contributed by atoms with Crippen LogP contribution in [0.15, 0.2) is 71.1 Å². The molecule has 1 unspecified atom stereocenters. The van der Waals surface area contributed by atoms with Gasteiger partial charge in [-0.1, -0.05) is 50.2 Å². The molecule has 5 rings (SSSR count). The maximum atomic E-state index is 6.13. The number of fused-ring (bicyclic) bond motifs is 1. The van der Waals surface area contributed by atoms with Crippen molar-refractivity contribution in [1.82, 2.24) is 4.98 Å². The molecule has 1 aromatic heterocycles. The SMILES string of the molecule is CC.Pc1ccccc1-c1ccc2nc(-c3cccc(OC4CCCC4)c3)oc2c1. The third-order valence-electron chi connectivity index (χ3n) is 5.35. The van der Waals surface area contributed by atoms with E-state index in [2.05, 4.69) is 44.6 Å². The largest absolute Gasteiger partial charge is 0.490 e. The highest BCUT2D eigenvalue weighted by Gasteiger charge is 2.17. The molecule has 30 heavy (non-hydrogen) atoms. The Hall–Kier alpha value is -2.64. The van der Waals surface area contributed by atoms with E-state index in [1.807, 2.05) is 50.2 Å². The van der Waals surface area contributed by atoms with Crippen molar-refractivity contribution in [2.45, 2.75) is 45.6 Å². The molecular weight excluding hydrogens is 389 g/mol. The van der Waals surface area contributed by atoms with Gasteiger partial charge in [0.25, 0.3) is 0 Å². The van der Waals surface area contributed by atoms with E-state index in [9.17, 15) is 0 Å². The summed E-state index contributed by atoms with van der Waals surface area (Å²) < 4.78 is 12.2. The summed E-state index contributed by atoms with van der Waals surface area (Å²) in [6, 6.07) is 22.5. The zero-order valence-corrected chi connectivity index (χ0v) is 18.8. The summed E-state index contributed by atoms with van der Waals surface area (Å²) in [5.41, 5.74) is 4.91. The zero-order valence-electron chi connectivity index (χ0n) is 17.6. The van der Waals surface area contributed by atoms with Crippen LogP contribution in [0, 0.1) is 0 Å². The highest BCUT2D eigenvalue weighted by atomic mass is 31.0. The number of hydrogen-bond donors (Lipinski definition) is 0. The molecule has 0 amide bonds. The third-order valence-corrected chi connectivity index (χ3v) is 5.85. The summed E-state index contributed by atoms with van der Waals surface area (Å²) in [6.07, 6.45) is 5.16. The fraction of sp³-hybridized carbons (Fsp3) is 0.269. The summed E-state index contributed by atoms with van der Waals surface area (Å²) in [4.78, 5) is 4.69. The van der Waals surface area contributed by atoms with Gasteiger partial charge in [-0.15, -0.1) is 9.24 Å². The van der Waals surface area contributed by atoms with Crippen LogP contribution in [0.5, 0.6) is 5.75 Å². The van der Waals surface area contributed by atoms with Crippen LogP contribution in [0.25, 0.3) is 33.7 Å². The molecule has 4 aromatic rings. The molecule has 154 valence electrons. The standard InChI is InChI=1S/C24H22NO2P.C2H6/c28-23-11-4-3-10-20(23)16-12-13-21-22(15-16)27-24(25-21)17-6-5-9-19(14-17)26-18-7-1-2-8-18;1-2/h3-6,9-15,18H,1-2,7-8,28H2;1-2H3. The Bertz CT molecular complexity index is 1130. The molecular formula is C26H28NO2P. The Kier molecular flexibility index (Phi) is 6.50. The third kappa shape index (κ3) is 4.42. The summed E-state index contributed by atoms with van der Waals surface area (Å²) in [5, 5.41) is 1.17. The van der Waals surface area contributed by atoms with Crippen LogP contribution < -0.4 is 10.0 Å². The highest BCUT2D eigenvalue weighted by Crippen LogP contribution is 2.31. The van der Waals surface area contributed by atoms with Crippen LogP contribution in [0.1, 0.15) is 39.5 Å². The first-order valence-electron chi connectivity index (χ1n) is 10.8. The molecule has 1 fully saturated rings. The van der Waals surface area contributed by atoms with Crippen molar-refractivity contribution in [2.75, 3.05) is 0 Å². The Morgan fingerprint density at radius 3 is 2.50 bits per heavy atom. The maximum absolute atomic E-state index is 6.13. The first kappa shape index (κ1) is 20.6. The summed E-state index contributed by atoms with van der Waals surface area (Å²) in [6.45, 7) is 4.00. The van der Waals surface area contributed by atoms with Gasteiger partial charge in [0.2, 0.25) is 5.89 Å². The Morgan fingerprint density at radius 1 is 0.900 bits per heavy atom. The summed E-state index contributed by atoms with van der Waals surface area (Å²) in [5.74, 6) is 1.52. The van der Waals surface area contributed by atoms with Crippen LogP contribution in [0.2, 0.25) is 0 Å².